The summed E-state index contributed by atoms with van der Waals surface area (Å²) in [7, 11) is 3.18. The van der Waals surface area contributed by atoms with Crippen LogP contribution in [0.5, 0.6) is 11.5 Å². The summed E-state index contributed by atoms with van der Waals surface area (Å²) in [5, 5.41) is 0. The van der Waals surface area contributed by atoms with Crippen molar-refractivity contribution in [1.29, 1.82) is 0 Å². The second-order valence-electron chi connectivity index (χ2n) is 3.84. The van der Waals surface area contributed by atoms with Crippen molar-refractivity contribution in [2.75, 3.05) is 20.8 Å². The van der Waals surface area contributed by atoms with Crippen LogP contribution in [0, 0.1) is 0 Å². The zero-order valence-corrected chi connectivity index (χ0v) is 11.9. The molecule has 1 aromatic carbocycles. The number of carbonyl (C=O) groups excluding carboxylic acids is 1. The van der Waals surface area contributed by atoms with Gasteiger partial charge in [-0.25, -0.2) is 4.79 Å². The molecule has 0 saturated carbocycles. The highest BCUT2D eigenvalue weighted by Crippen LogP contribution is 2.31. The summed E-state index contributed by atoms with van der Waals surface area (Å²) in [4.78, 5) is 11.5. The first-order valence-corrected chi connectivity index (χ1v) is 6.25. The van der Waals surface area contributed by atoms with Crippen LogP contribution < -0.4 is 9.47 Å². The predicted octanol–water partition coefficient (Wildman–Crippen LogP) is 3.06. The summed E-state index contributed by atoms with van der Waals surface area (Å²) in [5.74, 6) is 0.982. The lowest BCUT2D eigenvalue weighted by Crippen LogP contribution is -2.01. The normalized spacial score (nSPS) is 11.1. The van der Waals surface area contributed by atoms with Crippen LogP contribution in [-0.4, -0.2) is 26.8 Å². The Hall–Kier alpha value is -1.97. The van der Waals surface area contributed by atoms with E-state index in [1.807, 2.05) is 25.1 Å². The van der Waals surface area contributed by atoms with Gasteiger partial charge in [0.1, 0.15) is 0 Å². The van der Waals surface area contributed by atoms with Gasteiger partial charge in [-0.3, -0.25) is 0 Å². The summed E-state index contributed by atoms with van der Waals surface area (Å²) in [6.07, 6.45) is 2.25. The summed E-state index contributed by atoms with van der Waals surface area (Å²) >= 11 is 0. The minimum Gasteiger partial charge on any atom is -0.493 e. The van der Waals surface area contributed by atoms with Gasteiger partial charge in [0.05, 0.1) is 20.8 Å². The van der Waals surface area contributed by atoms with Crippen LogP contribution in [0.15, 0.2) is 24.3 Å². The topological polar surface area (TPSA) is 44.8 Å². The van der Waals surface area contributed by atoms with Gasteiger partial charge in [0, 0.05) is 6.08 Å². The molecular formula is C15H20O4. The van der Waals surface area contributed by atoms with E-state index in [0.29, 0.717) is 18.1 Å². The SMILES string of the molecule is CCOC(=O)/C=C(/CC)c1ccc(OC)c(OC)c1. The first kappa shape index (κ1) is 15.1. The van der Waals surface area contributed by atoms with Gasteiger partial charge < -0.3 is 14.2 Å². The average molecular weight is 264 g/mol. The van der Waals surface area contributed by atoms with Crippen LogP contribution in [0.4, 0.5) is 0 Å². The fourth-order valence-corrected chi connectivity index (χ4v) is 1.75. The van der Waals surface area contributed by atoms with Gasteiger partial charge in [-0.15, -0.1) is 0 Å². The molecule has 0 radical (unpaired) electrons. The molecule has 0 unspecified atom stereocenters. The number of hydrogen-bond acceptors (Lipinski definition) is 4. The molecule has 0 aliphatic heterocycles. The third-order valence-electron chi connectivity index (χ3n) is 2.71. The van der Waals surface area contributed by atoms with E-state index < -0.39 is 0 Å². The Morgan fingerprint density at radius 1 is 1.16 bits per heavy atom. The van der Waals surface area contributed by atoms with Crippen LogP contribution >= 0.6 is 0 Å². The molecular weight excluding hydrogens is 244 g/mol. The molecule has 0 aliphatic carbocycles. The van der Waals surface area contributed by atoms with Crippen molar-refractivity contribution in [3.05, 3.63) is 29.8 Å². The molecule has 0 atom stereocenters. The van der Waals surface area contributed by atoms with Gasteiger partial charge in [-0.05, 0) is 36.6 Å². The van der Waals surface area contributed by atoms with Crippen molar-refractivity contribution in [3.63, 3.8) is 0 Å². The van der Waals surface area contributed by atoms with Crippen LogP contribution in [-0.2, 0) is 9.53 Å². The highest BCUT2D eigenvalue weighted by Gasteiger charge is 2.08. The Kier molecular flexibility index (Phi) is 5.93. The zero-order valence-electron chi connectivity index (χ0n) is 11.9. The van der Waals surface area contributed by atoms with Gasteiger partial charge >= 0.3 is 5.97 Å². The van der Waals surface area contributed by atoms with Crippen molar-refractivity contribution in [3.8, 4) is 11.5 Å². The number of ether oxygens (including phenoxy) is 3. The van der Waals surface area contributed by atoms with Crippen LogP contribution in [0.2, 0.25) is 0 Å². The molecule has 4 heteroatoms. The Bertz CT molecular complexity index is 463. The Labute approximate surface area is 114 Å². The van der Waals surface area contributed by atoms with Crippen molar-refractivity contribution < 1.29 is 19.0 Å². The molecule has 104 valence electrons. The minimum atomic E-state index is -0.325. The molecule has 4 nitrogen and oxygen atoms in total. The number of benzene rings is 1. The first-order chi connectivity index (χ1) is 9.15. The minimum absolute atomic E-state index is 0.325. The molecule has 1 rings (SSSR count). The average Bonchev–Trinajstić information content (AvgIpc) is 2.44. The van der Waals surface area contributed by atoms with Gasteiger partial charge in [0.2, 0.25) is 0 Å². The number of methoxy groups -OCH3 is 2. The highest BCUT2D eigenvalue weighted by atomic mass is 16.5. The second-order valence-corrected chi connectivity index (χ2v) is 3.84. The Balaban J connectivity index is 3.08. The fourth-order valence-electron chi connectivity index (χ4n) is 1.75. The van der Waals surface area contributed by atoms with E-state index in [-0.39, 0.29) is 5.97 Å². The van der Waals surface area contributed by atoms with Gasteiger partial charge in [-0.2, -0.15) is 0 Å². The predicted molar refractivity (Wildman–Crippen MR) is 74.4 cm³/mol. The van der Waals surface area contributed by atoms with Gasteiger partial charge in [0.25, 0.3) is 0 Å². The third kappa shape index (κ3) is 4.02. The zero-order chi connectivity index (χ0) is 14.3. The molecule has 0 spiro atoms. The quantitative estimate of drug-likeness (QED) is 0.585. The second kappa shape index (κ2) is 7.46. The number of rotatable bonds is 6. The van der Waals surface area contributed by atoms with E-state index >= 15 is 0 Å². The molecule has 0 amide bonds. The van der Waals surface area contributed by atoms with Crippen molar-refractivity contribution in [1.82, 2.24) is 0 Å². The van der Waals surface area contributed by atoms with Crippen molar-refractivity contribution in [2.45, 2.75) is 20.3 Å². The van der Waals surface area contributed by atoms with E-state index in [9.17, 15) is 4.79 Å². The maximum absolute atomic E-state index is 11.5. The van der Waals surface area contributed by atoms with Crippen LogP contribution in [0.3, 0.4) is 0 Å². The number of carbonyl (C=O) groups is 1. The number of esters is 1. The van der Waals surface area contributed by atoms with Gasteiger partial charge in [-0.1, -0.05) is 13.0 Å². The lowest BCUT2D eigenvalue weighted by molar-refractivity contribution is -0.137. The lowest BCUT2D eigenvalue weighted by atomic mass is 10.0. The molecule has 0 heterocycles. The maximum atomic E-state index is 11.5. The fraction of sp³-hybridized carbons (Fsp3) is 0.400. The van der Waals surface area contributed by atoms with Crippen molar-refractivity contribution in [2.24, 2.45) is 0 Å². The van der Waals surface area contributed by atoms with Gasteiger partial charge in [0.15, 0.2) is 11.5 Å². The summed E-state index contributed by atoms with van der Waals surface area (Å²) in [6, 6.07) is 5.58. The van der Waals surface area contributed by atoms with Crippen LogP contribution in [0.25, 0.3) is 5.57 Å². The standard InChI is InChI=1S/C15H20O4/c1-5-11(10-15(16)19-6-2)12-7-8-13(17-3)14(9-12)18-4/h7-10H,5-6H2,1-4H3/b11-10-. The number of hydrogen-bond donors (Lipinski definition) is 0. The lowest BCUT2D eigenvalue weighted by Gasteiger charge is -2.11. The highest BCUT2D eigenvalue weighted by molar-refractivity contribution is 5.91. The largest absolute Gasteiger partial charge is 0.493 e. The molecule has 0 aliphatic rings. The molecule has 1 aromatic rings. The maximum Gasteiger partial charge on any atom is 0.331 e. The van der Waals surface area contributed by atoms with E-state index in [2.05, 4.69) is 0 Å². The van der Waals surface area contributed by atoms with E-state index in [0.717, 1.165) is 17.6 Å². The van der Waals surface area contributed by atoms with Crippen LogP contribution in [0.1, 0.15) is 25.8 Å². The smallest absolute Gasteiger partial charge is 0.331 e. The van der Waals surface area contributed by atoms with E-state index in [1.54, 1.807) is 21.1 Å². The Morgan fingerprint density at radius 3 is 2.37 bits per heavy atom. The summed E-state index contributed by atoms with van der Waals surface area (Å²) < 4.78 is 15.4. The molecule has 0 saturated heterocycles. The third-order valence-corrected chi connectivity index (χ3v) is 2.71. The number of allylic oxidation sites excluding steroid dienone is 1. The summed E-state index contributed by atoms with van der Waals surface area (Å²) in [6.45, 7) is 4.15. The molecule has 0 fully saturated rings. The van der Waals surface area contributed by atoms with E-state index in [1.165, 1.54) is 6.08 Å². The summed E-state index contributed by atoms with van der Waals surface area (Å²) in [5.41, 5.74) is 1.83. The Morgan fingerprint density at radius 2 is 1.84 bits per heavy atom. The molecule has 0 N–H and O–H groups in total. The molecule has 19 heavy (non-hydrogen) atoms. The van der Waals surface area contributed by atoms with Crippen molar-refractivity contribution >= 4 is 11.5 Å². The molecule has 0 aromatic heterocycles. The first-order valence-electron chi connectivity index (χ1n) is 6.25. The van der Waals surface area contributed by atoms with E-state index in [4.69, 9.17) is 14.2 Å². The molecule has 0 bridgehead atoms. The monoisotopic (exact) mass is 264 g/mol.